The molecule has 130 valence electrons. The van der Waals surface area contributed by atoms with Gasteiger partial charge in [0.15, 0.2) is 0 Å². The van der Waals surface area contributed by atoms with Crippen molar-refractivity contribution >= 4 is 11.7 Å². The molecule has 23 heavy (non-hydrogen) atoms. The SMILES string of the molecule is COCC(C)(CCO)NC(=O)Nc1cccc(C(F)(F)F)c1C. The lowest BCUT2D eigenvalue weighted by atomic mass is 10.00. The van der Waals surface area contributed by atoms with E-state index in [9.17, 15) is 18.0 Å². The molecule has 0 fully saturated rings. The Morgan fingerprint density at radius 1 is 1.35 bits per heavy atom. The molecule has 0 aliphatic rings. The normalized spacial score (nSPS) is 14.2. The first-order valence-corrected chi connectivity index (χ1v) is 6.99. The molecule has 3 N–H and O–H groups in total. The number of ether oxygens (including phenoxy) is 1. The Balaban J connectivity index is 2.89. The smallest absolute Gasteiger partial charge is 0.396 e. The van der Waals surface area contributed by atoms with E-state index in [0.717, 1.165) is 6.07 Å². The van der Waals surface area contributed by atoms with E-state index in [-0.39, 0.29) is 30.9 Å². The molecule has 1 unspecified atom stereocenters. The minimum absolute atomic E-state index is 0.0641. The average molecular weight is 334 g/mol. The van der Waals surface area contributed by atoms with Crippen molar-refractivity contribution in [3.8, 4) is 0 Å². The van der Waals surface area contributed by atoms with Gasteiger partial charge in [-0.05, 0) is 38.0 Å². The number of alkyl halides is 3. The molecule has 5 nitrogen and oxygen atoms in total. The molecule has 0 saturated heterocycles. The predicted molar refractivity (Wildman–Crippen MR) is 80.3 cm³/mol. The molecule has 0 spiro atoms. The molecular weight excluding hydrogens is 313 g/mol. The van der Waals surface area contributed by atoms with Gasteiger partial charge in [0, 0.05) is 19.4 Å². The van der Waals surface area contributed by atoms with Crippen LogP contribution in [0.1, 0.15) is 24.5 Å². The summed E-state index contributed by atoms with van der Waals surface area (Å²) in [5.74, 6) is 0. The molecule has 0 saturated carbocycles. The van der Waals surface area contributed by atoms with Gasteiger partial charge in [-0.25, -0.2) is 4.79 Å². The Morgan fingerprint density at radius 3 is 2.52 bits per heavy atom. The number of benzene rings is 1. The van der Waals surface area contributed by atoms with Crippen LogP contribution in [0.3, 0.4) is 0 Å². The Labute approximate surface area is 132 Å². The number of anilines is 1. The summed E-state index contributed by atoms with van der Waals surface area (Å²) in [6.07, 6.45) is -4.24. The maximum absolute atomic E-state index is 12.9. The first-order chi connectivity index (χ1) is 10.6. The second-order valence-corrected chi connectivity index (χ2v) is 5.52. The van der Waals surface area contributed by atoms with Crippen molar-refractivity contribution in [1.29, 1.82) is 0 Å². The van der Waals surface area contributed by atoms with E-state index >= 15 is 0 Å². The van der Waals surface area contributed by atoms with Gasteiger partial charge < -0.3 is 20.5 Å². The first kappa shape index (κ1) is 19.2. The maximum Gasteiger partial charge on any atom is 0.416 e. The van der Waals surface area contributed by atoms with Gasteiger partial charge in [0.1, 0.15) is 0 Å². The maximum atomic E-state index is 12.9. The van der Waals surface area contributed by atoms with Gasteiger partial charge in [-0.3, -0.25) is 0 Å². The zero-order valence-corrected chi connectivity index (χ0v) is 13.3. The van der Waals surface area contributed by atoms with E-state index in [1.807, 2.05) is 0 Å². The zero-order chi connectivity index (χ0) is 17.7. The van der Waals surface area contributed by atoms with Gasteiger partial charge in [-0.15, -0.1) is 0 Å². The van der Waals surface area contributed by atoms with Crippen molar-refractivity contribution in [2.24, 2.45) is 0 Å². The van der Waals surface area contributed by atoms with Crippen LogP contribution in [0.5, 0.6) is 0 Å². The molecule has 1 rings (SSSR count). The summed E-state index contributed by atoms with van der Waals surface area (Å²) >= 11 is 0. The third-order valence-corrected chi connectivity index (χ3v) is 3.43. The van der Waals surface area contributed by atoms with Gasteiger partial charge >= 0.3 is 12.2 Å². The molecule has 0 aliphatic carbocycles. The summed E-state index contributed by atoms with van der Waals surface area (Å²) in [5, 5.41) is 14.1. The minimum atomic E-state index is -4.49. The van der Waals surface area contributed by atoms with Gasteiger partial charge in [0.05, 0.1) is 17.7 Å². The highest BCUT2D eigenvalue weighted by Gasteiger charge is 2.33. The van der Waals surface area contributed by atoms with Crippen molar-refractivity contribution in [2.45, 2.75) is 32.0 Å². The molecule has 1 aromatic rings. The van der Waals surface area contributed by atoms with Gasteiger partial charge in [-0.1, -0.05) is 6.07 Å². The molecule has 0 aliphatic heterocycles. The number of carbonyl (C=O) groups excluding carboxylic acids is 1. The lowest BCUT2D eigenvalue weighted by molar-refractivity contribution is -0.138. The molecule has 8 heteroatoms. The van der Waals surface area contributed by atoms with Crippen LogP contribution in [-0.4, -0.2) is 37.0 Å². The largest absolute Gasteiger partial charge is 0.416 e. The third kappa shape index (κ3) is 5.40. The number of aliphatic hydroxyl groups excluding tert-OH is 1. The molecule has 2 amide bonds. The molecular formula is C15H21F3N2O3. The van der Waals surface area contributed by atoms with E-state index in [0.29, 0.717) is 0 Å². The number of nitrogens with one attached hydrogen (secondary N) is 2. The summed E-state index contributed by atoms with van der Waals surface area (Å²) in [5.41, 5.74) is -1.62. The Bertz CT molecular complexity index is 541. The van der Waals surface area contributed by atoms with Crippen LogP contribution in [0.2, 0.25) is 0 Å². The standard InChI is InChI=1S/C15H21F3N2O3/c1-10-11(15(16,17)18)5-4-6-12(10)19-13(22)20-14(2,7-8-21)9-23-3/h4-6,21H,7-9H2,1-3H3,(H2,19,20,22). The van der Waals surface area contributed by atoms with Crippen LogP contribution >= 0.6 is 0 Å². The van der Waals surface area contributed by atoms with Crippen molar-refractivity contribution in [2.75, 3.05) is 25.6 Å². The highest BCUT2D eigenvalue weighted by atomic mass is 19.4. The highest BCUT2D eigenvalue weighted by molar-refractivity contribution is 5.90. The Hall–Kier alpha value is -1.80. The fourth-order valence-electron chi connectivity index (χ4n) is 2.24. The van der Waals surface area contributed by atoms with Crippen LogP contribution < -0.4 is 10.6 Å². The van der Waals surface area contributed by atoms with E-state index in [4.69, 9.17) is 9.84 Å². The third-order valence-electron chi connectivity index (χ3n) is 3.43. The lowest BCUT2D eigenvalue weighted by Gasteiger charge is -2.29. The van der Waals surface area contributed by atoms with Gasteiger partial charge in [0.2, 0.25) is 0 Å². The van der Waals surface area contributed by atoms with Crippen LogP contribution in [0, 0.1) is 6.92 Å². The van der Waals surface area contributed by atoms with Crippen LogP contribution in [0.25, 0.3) is 0 Å². The second kappa shape index (κ2) is 7.65. The Morgan fingerprint density at radius 2 is 2.00 bits per heavy atom. The van der Waals surface area contributed by atoms with Crippen molar-refractivity contribution < 1.29 is 27.8 Å². The fraction of sp³-hybridized carbons (Fsp3) is 0.533. The van der Waals surface area contributed by atoms with Crippen molar-refractivity contribution in [3.05, 3.63) is 29.3 Å². The summed E-state index contributed by atoms with van der Waals surface area (Å²) in [4.78, 5) is 12.1. The molecule has 0 bridgehead atoms. The van der Waals surface area contributed by atoms with E-state index in [1.54, 1.807) is 6.92 Å². The van der Waals surface area contributed by atoms with Crippen molar-refractivity contribution in [3.63, 3.8) is 0 Å². The number of amides is 2. The van der Waals surface area contributed by atoms with Crippen molar-refractivity contribution in [1.82, 2.24) is 5.32 Å². The summed E-state index contributed by atoms with van der Waals surface area (Å²) < 4.78 is 43.6. The summed E-state index contributed by atoms with van der Waals surface area (Å²) in [7, 11) is 1.45. The number of hydrogen-bond acceptors (Lipinski definition) is 3. The zero-order valence-electron chi connectivity index (χ0n) is 13.3. The molecule has 0 aromatic heterocycles. The van der Waals surface area contributed by atoms with Crippen LogP contribution in [0.15, 0.2) is 18.2 Å². The number of methoxy groups -OCH3 is 1. The average Bonchev–Trinajstić information content (AvgIpc) is 2.39. The Kier molecular flexibility index (Phi) is 6.40. The van der Waals surface area contributed by atoms with Crippen LogP contribution in [0.4, 0.5) is 23.7 Å². The number of rotatable bonds is 6. The number of aliphatic hydroxyl groups is 1. The topological polar surface area (TPSA) is 70.6 Å². The summed E-state index contributed by atoms with van der Waals surface area (Å²) in [6, 6.07) is 2.91. The molecule has 1 atom stereocenters. The number of halogens is 3. The predicted octanol–water partition coefficient (Wildman–Crippen LogP) is 2.92. The monoisotopic (exact) mass is 334 g/mol. The minimum Gasteiger partial charge on any atom is -0.396 e. The highest BCUT2D eigenvalue weighted by Crippen LogP contribution is 2.34. The lowest BCUT2D eigenvalue weighted by Crippen LogP contribution is -2.51. The summed E-state index contributed by atoms with van der Waals surface area (Å²) in [6.45, 7) is 2.96. The van der Waals surface area contributed by atoms with Crippen LogP contribution in [-0.2, 0) is 10.9 Å². The van der Waals surface area contributed by atoms with E-state index in [2.05, 4.69) is 10.6 Å². The van der Waals surface area contributed by atoms with Gasteiger partial charge in [-0.2, -0.15) is 13.2 Å². The number of hydrogen-bond donors (Lipinski definition) is 3. The first-order valence-electron chi connectivity index (χ1n) is 6.99. The van der Waals surface area contributed by atoms with E-state index < -0.39 is 23.3 Å². The number of carbonyl (C=O) groups is 1. The second-order valence-electron chi connectivity index (χ2n) is 5.52. The number of urea groups is 1. The fourth-order valence-corrected chi connectivity index (χ4v) is 2.24. The molecule has 0 radical (unpaired) electrons. The molecule has 1 aromatic carbocycles. The quantitative estimate of drug-likeness (QED) is 0.749. The van der Waals surface area contributed by atoms with E-state index in [1.165, 1.54) is 26.2 Å². The van der Waals surface area contributed by atoms with Gasteiger partial charge in [0.25, 0.3) is 0 Å². The molecule has 0 heterocycles.